The van der Waals surface area contributed by atoms with E-state index in [1.54, 1.807) is 0 Å². The van der Waals surface area contributed by atoms with E-state index >= 15 is 0 Å². The topological polar surface area (TPSA) is 77.6 Å². The fourth-order valence-corrected chi connectivity index (χ4v) is 2.39. The van der Waals surface area contributed by atoms with Gasteiger partial charge in [0, 0.05) is 6.61 Å². The van der Waals surface area contributed by atoms with Gasteiger partial charge in [0.05, 0.1) is 30.8 Å². The Bertz CT molecular complexity index is 599. The van der Waals surface area contributed by atoms with Gasteiger partial charge < -0.3 is 19.1 Å². The highest BCUT2D eigenvalue weighted by Gasteiger charge is 2.30. The number of aliphatic hydroxyl groups excluding tert-OH is 1. The molecule has 0 radical (unpaired) electrons. The minimum Gasteiger partial charge on any atom is -0.493 e. The van der Waals surface area contributed by atoms with Gasteiger partial charge >= 0.3 is 0 Å². The van der Waals surface area contributed by atoms with E-state index in [-0.39, 0.29) is 5.92 Å². The molecule has 0 spiro atoms. The molecule has 1 saturated heterocycles. The summed E-state index contributed by atoms with van der Waals surface area (Å²) >= 11 is 0. The number of para-hydroxylation sites is 1. The lowest BCUT2D eigenvalue weighted by Gasteiger charge is -2.24. The molecule has 1 aliphatic rings. The van der Waals surface area contributed by atoms with E-state index in [2.05, 4.69) is 10.1 Å². The molecule has 0 aliphatic carbocycles. The van der Waals surface area contributed by atoms with Crippen molar-refractivity contribution in [2.75, 3.05) is 19.8 Å². The van der Waals surface area contributed by atoms with Gasteiger partial charge in [0.1, 0.15) is 5.75 Å². The summed E-state index contributed by atoms with van der Waals surface area (Å²) < 4.78 is 16.2. The molecule has 1 aromatic carbocycles. The largest absolute Gasteiger partial charge is 0.493 e. The van der Waals surface area contributed by atoms with Crippen molar-refractivity contribution in [3.8, 4) is 17.1 Å². The van der Waals surface area contributed by atoms with Gasteiger partial charge in [-0.2, -0.15) is 4.98 Å². The van der Waals surface area contributed by atoms with E-state index in [4.69, 9.17) is 14.0 Å². The van der Waals surface area contributed by atoms with Crippen LogP contribution >= 0.6 is 0 Å². The molecule has 0 amide bonds. The SMILES string of the molecule is CCOc1ccccc1-c1noc(C2COCCC2O)n1. The summed E-state index contributed by atoms with van der Waals surface area (Å²) in [6.45, 7) is 3.45. The van der Waals surface area contributed by atoms with Crippen LogP contribution in [-0.4, -0.2) is 41.2 Å². The van der Waals surface area contributed by atoms with Gasteiger partial charge in [0.15, 0.2) is 0 Å². The van der Waals surface area contributed by atoms with Crippen LogP contribution in [0.3, 0.4) is 0 Å². The quantitative estimate of drug-likeness (QED) is 0.928. The third-order valence-corrected chi connectivity index (χ3v) is 3.51. The van der Waals surface area contributed by atoms with Gasteiger partial charge in [-0.15, -0.1) is 0 Å². The molecule has 1 aromatic heterocycles. The summed E-state index contributed by atoms with van der Waals surface area (Å²) in [5.41, 5.74) is 0.778. The maximum absolute atomic E-state index is 10.0. The van der Waals surface area contributed by atoms with Crippen LogP contribution in [0, 0.1) is 0 Å². The zero-order valence-electron chi connectivity index (χ0n) is 11.9. The van der Waals surface area contributed by atoms with E-state index < -0.39 is 6.10 Å². The lowest BCUT2D eigenvalue weighted by Crippen LogP contribution is -2.30. The number of aromatic nitrogens is 2. The molecule has 2 heterocycles. The fourth-order valence-electron chi connectivity index (χ4n) is 2.39. The summed E-state index contributed by atoms with van der Waals surface area (Å²) in [6, 6.07) is 7.54. The Labute approximate surface area is 122 Å². The molecule has 112 valence electrons. The minimum absolute atomic E-state index is 0.265. The first-order valence-corrected chi connectivity index (χ1v) is 7.11. The van der Waals surface area contributed by atoms with Crippen molar-refractivity contribution in [3.05, 3.63) is 30.2 Å². The average molecular weight is 290 g/mol. The predicted molar refractivity (Wildman–Crippen MR) is 75.1 cm³/mol. The number of aliphatic hydroxyl groups is 1. The van der Waals surface area contributed by atoms with Gasteiger partial charge in [-0.1, -0.05) is 17.3 Å². The average Bonchev–Trinajstić information content (AvgIpc) is 2.98. The Kier molecular flexibility index (Phi) is 4.17. The minimum atomic E-state index is -0.505. The Hall–Kier alpha value is -1.92. The van der Waals surface area contributed by atoms with E-state index in [1.807, 2.05) is 31.2 Å². The van der Waals surface area contributed by atoms with Crippen LogP contribution < -0.4 is 4.74 Å². The molecule has 2 aromatic rings. The van der Waals surface area contributed by atoms with Gasteiger partial charge in [0.25, 0.3) is 0 Å². The number of hydrogen-bond acceptors (Lipinski definition) is 6. The molecule has 3 rings (SSSR count). The summed E-state index contributed by atoms with van der Waals surface area (Å²) in [7, 11) is 0. The molecule has 1 fully saturated rings. The molecule has 21 heavy (non-hydrogen) atoms. The smallest absolute Gasteiger partial charge is 0.235 e. The first-order chi connectivity index (χ1) is 10.3. The van der Waals surface area contributed by atoms with Gasteiger partial charge in [0.2, 0.25) is 11.7 Å². The standard InChI is InChI=1S/C15H18N2O4/c1-2-20-13-6-4-3-5-10(13)14-16-15(21-17-14)11-9-19-8-7-12(11)18/h3-6,11-12,18H,2,7-9H2,1H3. The Morgan fingerprint density at radius 3 is 3.05 bits per heavy atom. The van der Waals surface area contributed by atoms with E-state index in [1.165, 1.54) is 0 Å². The molecular formula is C15H18N2O4. The van der Waals surface area contributed by atoms with Crippen molar-refractivity contribution in [1.29, 1.82) is 0 Å². The van der Waals surface area contributed by atoms with E-state index in [0.29, 0.717) is 43.7 Å². The van der Waals surface area contributed by atoms with Crippen LogP contribution in [0.4, 0.5) is 0 Å². The summed E-state index contributed by atoms with van der Waals surface area (Å²) in [6.07, 6.45) is 0.0759. The molecule has 6 heteroatoms. The first kappa shape index (κ1) is 14.0. The highest BCUT2D eigenvalue weighted by molar-refractivity contribution is 5.63. The Morgan fingerprint density at radius 2 is 2.24 bits per heavy atom. The molecule has 6 nitrogen and oxygen atoms in total. The van der Waals surface area contributed by atoms with Crippen LogP contribution in [-0.2, 0) is 4.74 Å². The zero-order chi connectivity index (χ0) is 14.7. The Morgan fingerprint density at radius 1 is 1.38 bits per heavy atom. The van der Waals surface area contributed by atoms with Gasteiger partial charge in [-0.05, 0) is 25.5 Å². The lowest BCUT2D eigenvalue weighted by molar-refractivity contribution is -0.0149. The zero-order valence-corrected chi connectivity index (χ0v) is 11.9. The second kappa shape index (κ2) is 6.24. The van der Waals surface area contributed by atoms with E-state index in [9.17, 15) is 5.11 Å². The molecule has 2 unspecified atom stereocenters. The highest BCUT2D eigenvalue weighted by atomic mass is 16.5. The third kappa shape index (κ3) is 2.91. The molecule has 2 atom stereocenters. The molecule has 1 aliphatic heterocycles. The fraction of sp³-hybridized carbons (Fsp3) is 0.467. The molecule has 1 N–H and O–H groups in total. The van der Waals surface area contributed by atoms with E-state index in [0.717, 1.165) is 5.56 Å². The molecular weight excluding hydrogens is 272 g/mol. The van der Waals surface area contributed by atoms with Crippen LogP contribution in [0.2, 0.25) is 0 Å². The second-order valence-corrected chi connectivity index (χ2v) is 4.92. The van der Waals surface area contributed by atoms with Crippen molar-refractivity contribution >= 4 is 0 Å². The van der Waals surface area contributed by atoms with Crippen molar-refractivity contribution < 1.29 is 19.1 Å². The normalized spacial score (nSPS) is 22.2. The van der Waals surface area contributed by atoms with Crippen LogP contribution in [0.25, 0.3) is 11.4 Å². The molecule has 0 bridgehead atoms. The number of rotatable bonds is 4. The summed E-state index contributed by atoms with van der Waals surface area (Å²) in [5, 5.41) is 14.0. The van der Waals surface area contributed by atoms with Crippen molar-refractivity contribution in [1.82, 2.24) is 10.1 Å². The summed E-state index contributed by atoms with van der Waals surface area (Å²) in [5.74, 6) is 1.32. The first-order valence-electron chi connectivity index (χ1n) is 7.11. The number of hydrogen-bond donors (Lipinski definition) is 1. The van der Waals surface area contributed by atoms with Crippen molar-refractivity contribution in [2.24, 2.45) is 0 Å². The number of benzene rings is 1. The highest BCUT2D eigenvalue weighted by Crippen LogP contribution is 2.30. The number of ether oxygens (including phenoxy) is 2. The second-order valence-electron chi connectivity index (χ2n) is 4.92. The van der Waals surface area contributed by atoms with Crippen molar-refractivity contribution in [3.63, 3.8) is 0 Å². The number of nitrogens with zero attached hydrogens (tertiary/aromatic N) is 2. The van der Waals surface area contributed by atoms with Crippen LogP contribution in [0.5, 0.6) is 5.75 Å². The summed E-state index contributed by atoms with van der Waals surface area (Å²) in [4.78, 5) is 4.40. The van der Waals surface area contributed by atoms with Crippen molar-refractivity contribution in [2.45, 2.75) is 25.4 Å². The lowest BCUT2D eigenvalue weighted by atomic mass is 9.99. The molecule has 0 saturated carbocycles. The maximum atomic E-state index is 10.0. The van der Waals surface area contributed by atoms with Gasteiger partial charge in [-0.25, -0.2) is 0 Å². The van der Waals surface area contributed by atoms with Crippen LogP contribution in [0.1, 0.15) is 25.2 Å². The third-order valence-electron chi connectivity index (χ3n) is 3.51. The van der Waals surface area contributed by atoms with Gasteiger partial charge in [-0.3, -0.25) is 0 Å². The Balaban J connectivity index is 1.88. The monoisotopic (exact) mass is 290 g/mol. The predicted octanol–water partition coefficient (Wildman–Crippen LogP) is 2.00. The maximum Gasteiger partial charge on any atom is 0.235 e. The van der Waals surface area contributed by atoms with Crippen LogP contribution in [0.15, 0.2) is 28.8 Å².